The minimum Gasteiger partial charge on any atom is -0.267 e. The Kier molecular flexibility index (Phi) is 1.87. The molecule has 0 aliphatic carbocycles. The number of aromatic amines is 1. The van der Waals surface area contributed by atoms with Gasteiger partial charge in [0.1, 0.15) is 4.47 Å². The fraction of sp³-hybridized carbons (Fsp3) is 0. The monoisotopic (exact) mass is 208 g/mol. The number of nitrogens with zero attached hydrogens (tertiary/aromatic N) is 1. The molecule has 0 amide bonds. The normalized spacial score (nSPS) is 9.56. The number of nitrogens with one attached hydrogen (secondary N) is 1. The topological polar surface area (TPSA) is 45.8 Å². The largest absolute Gasteiger partial charge is 0.279 e. The van der Waals surface area contributed by atoms with Crippen LogP contribution in [0.15, 0.2) is 15.5 Å². The summed E-state index contributed by atoms with van der Waals surface area (Å²) in [5, 5.41) is 5.97. The minimum atomic E-state index is -0.317. The van der Waals surface area contributed by atoms with Crippen molar-refractivity contribution in [3.8, 4) is 0 Å². The van der Waals surface area contributed by atoms with Crippen molar-refractivity contribution in [2.24, 2.45) is 0 Å². The van der Waals surface area contributed by atoms with Gasteiger partial charge in [-0.3, -0.25) is 4.79 Å². The van der Waals surface area contributed by atoms with E-state index in [1.54, 1.807) is 0 Å². The Morgan fingerprint density at radius 1 is 1.78 bits per heavy atom. The van der Waals surface area contributed by atoms with Crippen LogP contribution in [0, 0.1) is 0 Å². The molecule has 48 valence electrons. The van der Waals surface area contributed by atoms with Crippen LogP contribution < -0.4 is 5.56 Å². The molecule has 3 nitrogen and oxygen atoms in total. The molecule has 0 aliphatic heterocycles. The summed E-state index contributed by atoms with van der Waals surface area (Å²) in [7, 11) is 0. The summed E-state index contributed by atoms with van der Waals surface area (Å²) >= 11 is 8.45. The van der Waals surface area contributed by atoms with Crippen LogP contribution in [0.4, 0.5) is 0 Å². The van der Waals surface area contributed by atoms with Gasteiger partial charge in [0.25, 0.3) is 5.56 Å². The maximum atomic E-state index is 10.6. The van der Waals surface area contributed by atoms with Gasteiger partial charge in [-0.25, -0.2) is 5.10 Å². The second-order valence-corrected chi connectivity index (χ2v) is 2.56. The van der Waals surface area contributed by atoms with Crippen molar-refractivity contribution in [3.05, 3.63) is 26.0 Å². The molecular formula is C4H2BrClN2O. The fourth-order valence-corrected chi connectivity index (χ4v) is 0.687. The Balaban J connectivity index is 3.43. The van der Waals surface area contributed by atoms with Crippen molar-refractivity contribution in [1.82, 2.24) is 10.2 Å². The van der Waals surface area contributed by atoms with Crippen molar-refractivity contribution in [1.29, 1.82) is 0 Å². The predicted octanol–water partition coefficient (Wildman–Crippen LogP) is 1.19. The number of H-pyrrole nitrogens is 1. The second-order valence-electron chi connectivity index (χ2n) is 1.36. The first-order chi connectivity index (χ1) is 4.22. The highest BCUT2D eigenvalue weighted by molar-refractivity contribution is 9.10. The first kappa shape index (κ1) is 6.77. The zero-order valence-electron chi connectivity index (χ0n) is 4.19. The van der Waals surface area contributed by atoms with Gasteiger partial charge < -0.3 is 0 Å². The van der Waals surface area contributed by atoms with Gasteiger partial charge in [0.2, 0.25) is 0 Å². The molecule has 1 aromatic heterocycles. The first-order valence-electron chi connectivity index (χ1n) is 2.10. The third-order valence-electron chi connectivity index (χ3n) is 0.753. The van der Waals surface area contributed by atoms with E-state index in [1.165, 1.54) is 6.20 Å². The molecule has 0 spiro atoms. The lowest BCUT2D eigenvalue weighted by Crippen LogP contribution is -2.07. The second kappa shape index (κ2) is 2.49. The third kappa shape index (κ3) is 1.31. The predicted molar refractivity (Wildman–Crippen MR) is 37.6 cm³/mol. The van der Waals surface area contributed by atoms with E-state index in [-0.39, 0.29) is 5.56 Å². The molecule has 0 saturated carbocycles. The summed E-state index contributed by atoms with van der Waals surface area (Å²) in [6, 6.07) is 0. The Morgan fingerprint density at radius 3 is 2.89 bits per heavy atom. The Bertz CT molecular complexity index is 272. The first-order valence-corrected chi connectivity index (χ1v) is 3.27. The highest BCUT2D eigenvalue weighted by Gasteiger charge is 1.98. The van der Waals surface area contributed by atoms with Crippen LogP contribution in [0.25, 0.3) is 0 Å². The molecule has 1 N–H and O–H groups in total. The maximum absolute atomic E-state index is 10.6. The molecule has 0 radical (unpaired) electrons. The van der Waals surface area contributed by atoms with Gasteiger partial charge in [-0.2, -0.15) is 5.10 Å². The molecule has 0 bridgehead atoms. The highest BCUT2D eigenvalue weighted by Crippen LogP contribution is 2.14. The smallest absolute Gasteiger partial charge is 0.267 e. The summed E-state index contributed by atoms with van der Waals surface area (Å²) in [4.78, 5) is 10.6. The number of halogens is 2. The van der Waals surface area contributed by atoms with Gasteiger partial charge in [-0.1, -0.05) is 11.6 Å². The average Bonchev–Trinajstić information content (AvgIpc) is 1.83. The van der Waals surface area contributed by atoms with Crippen LogP contribution in [-0.4, -0.2) is 10.2 Å². The van der Waals surface area contributed by atoms with Gasteiger partial charge in [0.15, 0.2) is 0 Å². The van der Waals surface area contributed by atoms with Crippen molar-refractivity contribution >= 4 is 27.5 Å². The lowest BCUT2D eigenvalue weighted by Gasteiger charge is -1.88. The van der Waals surface area contributed by atoms with Gasteiger partial charge in [0.05, 0.1) is 11.2 Å². The molecule has 0 aliphatic rings. The number of aromatic nitrogens is 2. The number of hydrogen-bond acceptors (Lipinski definition) is 2. The van der Waals surface area contributed by atoms with Gasteiger partial charge in [-0.15, -0.1) is 0 Å². The maximum Gasteiger partial charge on any atom is 0.279 e. The van der Waals surface area contributed by atoms with Crippen LogP contribution in [0.3, 0.4) is 0 Å². The summed E-state index contributed by atoms with van der Waals surface area (Å²) in [6.45, 7) is 0. The summed E-state index contributed by atoms with van der Waals surface area (Å²) in [5.41, 5.74) is -0.317. The minimum absolute atomic E-state index is 0.317. The number of rotatable bonds is 0. The average molecular weight is 209 g/mol. The van der Waals surface area contributed by atoms with Crippen LogP contribution in [0.5, 0.6) is 0 Å². The molecule has 0 saturated heterocycles. The van der Waals surface area contributed by atoms with E-state index in [2.05, 4.69) is 26.1 Å². The Hall–Kier alpha value is -0.350. The van der Waals surface area contributed by atoms with Crippen LogP contribution in [0.2, 0.25) is 5.02 Å². The summed E-state index contributed by atoms with van der Waals surface area (Å²) in [6.07, 6.45) is 1.35. The molecule has 0 aromatic carbocycles. The molecule has 0 fully saturated rings. The fourth-order valence-electron chi connectivity index (χ4n) is 0.362. The lowest BCUT2D eigenvalue weighted by molar-refractivity contribution is 0.979. The van der Waals surface area contributed by atoms with E-state index < -0.39 is 0 Å². The molecule has 9 heavy (non-hydrogen) atoms. The third-order valence-corrected chi connectivity index (χ3v) is 2.06. The molecular weight excluding hydrogens is 207 g/mol. The summed E-state index contributed by atoms with van der Waals surface area (Å²) < 4.78 is 0.319. The van der Waals surface area contributed by atoms with E-state index in [1.807, 2.05) is 0 Å². The standard InChI is InChI=1S/C4H2BrClN2O/c5-3-2(6)1-7-8-4(3)9/h1H,(H,8,9). The Morgan fingerprint density at radius 2 is 2.44 bits per heavy atom. The van der Waals surface area contributed by atoms with E-state index in [9.17, 15) is 4.79 Å². The van der Waals surface area contributed by atoms with Gasteiger partial charge >= 0.3 is 0 Å². The zero-order chi connectivity index (χ0) is 6.85. The number of hydrogen-bond donors (Lipinski definition) is 1. The molecule has 0 unspecified atom stereocenters. The quantitative estimate of drug-likeness (QED) is 0.697. The molecule has 1 aromatic rings. The van der Waals surface area contributed by atoms with Gasteiger partial charge in [-0.05, 0) is 15.9 Å². The van der Waals surface area contributed by atoms with Crippen molar-refractivity contribution in [3.63, 3.8) is 0 Å². The molecule has 1 heterocycles. The van der Waals surface area contributed by atoms with E-state index in [4.69, 9.17) is 11.6 Å². The van der Waals surface area contributed by atoms with Crippen LogP contribution in [0.1, 0.15) is 0 Å². The zero-order valence-corrected chi connectivity index (χ0v) is 6.53. The summed E-state index contributed by atoms with van der Waals surface area (Å²) in [5.74, 6) is 0. The lowest BCUT2D eigenvalue weighted by atomic mass is 10.6. The van der Waals surface area contributed by atoms with E-state index >= 15 is 0 Å². The van der Waals surface area contributed by atoms with Crippen LogP contribution >= 0.6 is 27.5 Å². The molecule has 1 rings (SSSR count). The SMILES string of the molecule is O=c1[nH]ncc(Cl)c1Br. The van der Waals surface area contributed by atoms with Crippen molar-refractivity contribution in [2.75, 3.05) is 0 Å². The van der Waals surface area contributed by atoms with E-state index in [0.29, 0.717) is 9.50 Å². The molecule has 0 atom stereocenters. The van der Waals surface area contributed by atoms with Crippen molar-refractivity contribution in [2.45, 2.75) is 0 Å². The Labute approximate surface area is 64.2 Å². The highest BCUT2D eigenvalue weighted by atomic mass is 79.9. The van der Waals surface area contributed by atoms with Crippen molar-refractivity contribution < 1.29 is 0 Å². The van der Waals surface area contributed by atoms with Crippen LogP contribution in [-0.2, 0) is 0 Å². The molecule has 5 heteroatoms. The van der Waals surface area contributed by atoms with E-state index in [0.717, 1.165) is 0 Å². The van der Waals surface area contributed by atoms with Gasteiger partial charge in [0, 0.05) is 0 Å².